The van der Waals surface area contributed by atoms with Crippen molar-refractivity contribution in [2.24, 2.45) is 5.73 Å². The van der Waals surface area contributed by atoms with Gasteiger partial charge in [0.05, 0.1) is 0 Å². The molecule has 0 spiro atoms. The molecule has 1 aromatic rings. The third kappa shape index (κ3) is 4.60. The van der Waals surface area contributed by atoms with Crippen molar-refractivity contribution in [1.29, 1.82) is 0 Å². The third-order valence-corrected chi connectivity index (χ3v) is 5.16. The van der Waals surface area contributed by atoms with Crippen LogP contribution in [-0.2, 0) is 4.79 Å². The summed E-state index contributed by atoms with van der Waals surface area (Å²) in [6.07, 6.45) is 6.10. The smallest absolute Gasteiger partial charge is 0.276 e. The van der Waals surface area contributed by atoms with Gasteiger partial charge in [0.15, 0.2) is 5.69 Å². The number of carbonyl (C=O) groups is 2. The zero-order chi connectivity index (χ0) is 18.0. The van der Waals surface area contributed by atoms with Crippen LogP contribution in [-0.4, -0.2) is 47.0 Å². The summed E-state index contributed by atoms with van der Waals surface area (Å²) in [6.45, 7) is 1.83. The molecule has 0 saturated heterocycles. The molecule has 2 aliphatic rings. The van der Waals surface area contributed by atoms with E-state index in [9.17, 15) is 9.59 Å². The number of carbonyl (C=O) groups excluding carboxylic acids is 2. The zero-order valence-corrected chi connectivity index (χ0v) is 15.0. The molecule has 0 radical (unpaired) electrons. The van der Waals surface area contributed by atoms with E-state index in [1.54, 1.807) is 11.0 Å². The normalized spacial score (nSPS) is 24.6. The molecular weight excluding hydrogens is 320 g/mol. The first kappa shape index (κ1) is 17.9. The van der Waals surface area contributed by atoms with Crippen LogP contribution in [0.2, 0.25) is 0 Å². The van der Waals surface area contributed by atoms with Crippen molar-refractivity contribution in [3.8, 4) is 0 Å². The average molecular weight is 348 g/mol. The first-order valence-corrected chi connectivity index (χ1v) is 9.22. The predicted octanol–water partition coefficient (Wildman–Crippen LogP) is 1.79. The summed E-state index contributed by atoms with van der Waals surface area (Å²) in [7, 11) is 1.83. The fourth-order valence-corrected chi connectivity index (χ4v) is 3.48. The fraction of sp³-hybridized carbons (Fsp3) is 0.722. The molecule has 1 aromatic heterocycles. The summed E-state index contributed by atoms with van der Waals surface area (Å²) < 4.78 is 5.28. The number of amides is 2. The van der Waals surface area contributed by atoms with Crippen molar-refractivity contribution in [2.75, 3.05) is 7.05 Å². The second-order valence-electron chi connectivity index (χ2n) is 7.56. The van der Waals surface area contributed by atoms with Crippen LogP contribution in [0.25, 0.3) is 0 Å². The molecule has 2 fully saturated rings. The molecule has 3 rings (SSSR count). The Balaban J connectivity index is 1.48. The maximum Gasteiger partial charge on any atom is 0.276 e. The van der Waals surface area contributed by atoms with Gasteiger partial charge in [0, 0.05) is 43.6 Å². The minimum Gasteiger partial charge on any atom is -0.360 e. The van der Waals surface area contributed by atoms with Gasteiger partial charge in [0.1, 0.15) is 5.76 Å². The van der Waals surface area contributed by atoms with Gasteiger partial charge in [-0.25, -0.2) is 0 Å². The number of aromatic nitrogens is 1. The van der Waals surface area contributed by atoms with Crippen LogP contribution in [0.3, 0.4) is 0 Å². The van der Waals surface area contributed by atoms with E-state index >= 15 is 0 Å². The number of nitrogens with zero attached hydrogens (tertiary/aromatic N) is 2. The van der Waals surface area contributed by atoms with Crippen molar-refractivity contribution >= 4 is 11.8 Å². The first-order valence-electron chi connectivity index (χ1n) is 9.22. The number of hydrogen-bond acceptors (Lipinski definition) is 5. The molecule has 25 heavy (non-hydrogen) atoms. The van der Waals surface area contributed by atoms with Gasteiger partial charge >= 0.3 is 0 Å². The summed E-state index contributed by atoms with van der Waals surface area (Å²) in [4.78, 5) is 26.2. The maximum absolute atomic E-state index is 12.6. The molecule has 2 amide bonds. The highest BCUT2D eigenvalue weighted by Gasteiger charge is 2.32. The summed E-state index contributed by atoms with van der Waals surface area (Å²) in [6, 6.07) is 2.02. The molecule has 0 aromatic carbocycles. The standard InChI is InChI=1S/C18H28N4O3/c1-11(19)9-17(23)20-13-5-7-14(8-6-13)22(2)18(24)15-10-16(25-21-15)12-3-4-12/h10-14H,3-9,19H2,1-2H3,(H,20,23)/t11-,13-,14+/m0/s1. The average Bonchev–Trinajstić information content (AvgIpc) is 3.30. The number of nitrogens with one attached hydrogen (secondary N) is 1. The minimum absolute atomic E-state index is 0.0121. The molecule has 138 valence electrons. The van der Waals surface area contributed by atoms with Crippen LogP contribution < -0.4 is 11.1 Å². The van der Waals surface area contributed by atoms with Gasteiger partial charge in [-0.15, -0.1) is 0 Å². The van der Waals surface area contributed by atoms with Gasteiger partial charge in [-0.2, -0.15) is 0 Å². The molecule has 2 aliphatic carbocycles. The van der Waals surface area contributed by atoms with Crippen LogP contribution in [0.4, 0.5) is 0 Å². The van der Waals surface area contributed by atoms with Crippen molar-refractivity contribution in [1.82, 2.24) is 15.4 Å². The van der Waals surface area contributed by atoms with Crippen molar-refractivity contribution in [2.45, 2.75) is 75.9 Å². The van der Waals surface area contributed by atoms with Crippen LogP contribution >= 0.6 is 0 Å². The first-order chi connectivity index (χ1) is 11.9. The summed E-state index contributed by atoms with van der Waals surface area (Å²) in [5.74, 6) is 1.21. The van der Waals surface area contributed by atoms with Crippen LogP contribution in [0, 0.1) is 0 Å². The summed E-state index contributed by atoms with van der Waals surface area (Å²) >= 11 is 0. The lowest BCUT2D eigenvalue weighted by Crippen LogP contribution is -2.45. The molecule has 2 saturated carbocycles. The number of rotatable bonds is 6. The van der Waals surface area contributed by atoms with Crippen LogP contribution in [0.1, 0.15) is 74.0 Å². The highest BCUT2D eigenvalue weighted by molar-refractivity contribution is 5.92. The zero-order valence-electron chi connectivity index (χ0n) is 15.0. The minimum atomic E-state index is -0.122. The molecular formula is C18H28N4O3. The number of nitrogens with two attached hydrogens (primary N) is 1. The van der Waals surface area contributed by atoms with E-state index in [2.05, 4.69) is 10.5 Å². The SMILES string of the molecule is C[C@H](N)CC(=O)N[C@H]1CC[C@@H](N(C)C(=O)c2cc(C3CC3)on2)CC1. The van der Waals surface area contributed by atoms with Crippen LogP contribution in [0.5, 0.6) is 0 Å². The Morgan fingerprint density at radius 1 is 1.32 bits per heavy atom. The van der Waals surface area contributed by atoms with Gasteiger partial charge in [-0.05, 0) is 45.4 Å². The molecule has 7 heteroatoms. The topological polar surface area (TPSA) is 101 Å². The molecule has 3 N–H and O–H groups in total. The van der Waals surface area contributed by atoms with E-state index in [1.807, 2.05) is 14.0 Å². The molecule has 1 atom stereocenters. The van der Waals surface area contributed by atoms with E-state index in [1.165, 1.54) is 0 Å². The third-order valence-electron chi connectivity index (χ3n) is 5.16. The van der Waals surface area contributed by atoms with E-state index < -0.39 is 0 Å². The van der Waals surface area contributed by atoms with Crippen molar-refractivity contribution in [3.05, 3.63) is 17.5 Å². The summed E-state index contributed by atoms with van der Waals surface area (Å²) in [5, 5.41) is 6.98. The predicted molar refractivity (Wildman–Crippen MR) is 93.0 cm³/mol. The van der Waals surface area contributed by atoms with Gasteiger partial charge in [0.2, 0.25) is 5.91 Å². The molecule has 0 aliphatic heterocycles. The monoisotopic (exact) mass is 348 g/mol. The second-order valence-corrected chi connectivity index (χ2v) is 7.56. The largest absolute Gasteiger partial charge is 0.360 e. The molecule has 0 unspecified atom stereocenters. The Hall–Kier alpha value is -1.89. The highest BCUT2D eigenvalue weighted by atomic mass is 16.5. The molecule has 0 bridgehead atoms. The van der Waals surface area contributed by atoms with Gasteiger partial charge in [-0.1, -0.05) is 5.16 Å². The molecule has 7 nitrogen and oxygen atoms in total. The quantitative estimate of drug-likeness (QED) is 0.816. The van der Waals surface area contributed by atoms with Gasteiger partial charge in [0.25, 0.3) is 5.91 Å². The summed E-state index contributed by atoms with van der Waals surface area (Å²) in [5.41, 5.74) is 6.05. The Morgan fingerprint density at radius 2 is 2.00 bits per heavy atom. The number of hydrogen-bond donors (Lipinski definition) is 2. The lowest BCUT2D eigenvalue weighted by Gasteiger charge is -2.34. The van der Waals surface area contributed by atoms with Crippen molar-refractivity contribution < 1.29 is 14.1 Å². The van der Waals surface area contributed by atoms with E-state index in [-0.39, 0.29) is 29.9 Å². The van der Waals surface area contributed by atoms with Crippen LogP contribution in [0.15, 0.2) is 10.6 Å². The Kier molecular flexibility index (Phi) is 5.42. The molecule has 1 heterocycles. The Morgan fingerprint density at radius 3 is 2.60 bits per heavy atom. The second kappa shape index (κ2) is 7.56. The van der Waals surface area contributed by atoms with Crippen molar-refractivity contribution in [3.63, 3.8) is 0 Å². The van der Waals surface area contributed by atoms with E-state index in [4.69, 9.17) is 10.3 Å². The van der Waals surface area contributed by atoms with E-state index in [0.717, 1.165) is 44.3 Å². The highest BCUT2D eigenvalue weighted by Crippen LogP contribution is 2.40. The fourth-order valence-electron chi connectivity index (χ4n) is 3.48. The lowest BCUT2D eigenvalue weighted by atomic mass is 9.90. The maximum atomic E-state index is 12.6. The van der Waals surface area contributed by atoms with E-state index in [0.29, 0.717) is 18.0 Å². The van der Waals surface area contributed by atoms with Gasteiger partial charge < -0.3 is 20.5 Å². The Labute approximate surface area is 148 Å². The van der Waals surface area contributed by atoms with Gasteiger partial charge in [-0.3, -0.25) is 9.59 Å². The Bertz CT molecular complexity index is 616. The lowest BCUT2D eigenvalue weighted by molar-refractivity contribution is -0.122.